The molecule has 2 aromatic rings. The second-order valence-corrected chi connectivity index (χ2v) is 6.27. The number of benzene rings is 2. The molecule has 0 heterocycles. The molecule has 2 aromatic carbocycles. The number of rotatable bonds is 7. The van der Waals surface area contributed by atoms with Crippen molar-refractivity contribution in [3.05, 3.63) is 69.7 Å². The summed E-state index contributed by atoms with van der Waals surface area (Å²) in [6, 6.07) is 13.5. The number of halogens is 2. The first-order valence-electron chi connectivity index (χ1n) is 8.25. The smallest absolute Gasteiger partial charge is 0.407 e. The van der Waals surface area contributed by atoms with Gasteiger partial charge in [-0.2, -0.15) is 5.10 Å². The van der Waals surface area contributed by atoms with Gasteiger partial charge in [-0.1, -0.05) is 65.7 Å². The summed E-state index contributed by atoms with van der Waals surface area (Å²) in [7, 11) is 0. The third-order valence-corrected chi connectivity index (χ3v) is 4.36. The van der Waals surface area contributed by atoms with Gasteiger partial charge in [-0.25, -0.2) is 10.2 Å². The number of hydrazone groups is 1. The lowest BCUT2D eigenvalue weighted by atomic mass is 10.1. The Balaban J connectivity index is 2.06. The first kappa shape index (κ1) is 20.7. The van der Waals surface area contributed by atoms with E-state index >= 15 is 0 Å². The summed E-state index contributed by atoms with van der Waals surface area (Å²) in [5.74, 6) is -0.485. The molecule has 1 atom stereocenters. The standard InChI is InChI=1S/C19H19Cl2N3O3/c1-2-27-19(26)23-16(11-13-7-4-3-5-8-13)18(25)24-22-12-14-9-6-10-15(20)17(14)21/h3-10,12,16H,2,11H2,1H3,(H,23,26)(H,24,25)/b22-12-/t16-/m0/s1. The highest BCUT2D eigenvalue weighted by Crippen LogP contribution is 2.24. The zero-order chi connectivity index (χ0) is 19.6. The highest BCUT2D eigenvalue weighted by Gasteiger charge is 2.21. The lowest BCUT2D eigenvalue weighted by Crippen LogP contribution is -2.47. The second kappa shape index (κ2) is 10.5. The van der Waals surface area contributed by atoms with Crippen LogP contribution in [-0.4, -0.2) is 30.9 Å². The molecule has 0 saturated carbocycles. The van der Waals surface area contributed by atoms with E-state index in [0.29, 0.717) is 22.0 Å². The Morgan fingerprint density at radius 1 is 1.15 bits per heavy atom. The first-order valence-corrected chi connectivity index (χ1v) is 9.01. The van der Waals surface area contributed by atoms with Crippen LogP contribution < -0.4 is 10.7 Å². The van der Waals surface area contributed by atoms with Crippen molar-refractivity contribution in [2.75, 3.05) is 6.61 Å². The van der Waals surface area contributed by atoms with Gasteiger partial charge in [0, 0.05) is 12.0 Å². The van der Waals surface area contributed by atoms with Gasteiger partial charge in [0.1, 0.15) is 6.04 Å². The number of carbonyl (C=O) groups excluding carboxylic acids is 2. The number of amides is 2. The molecule has 2 rings (SSSR count). The van der Waals surface area contributed by atoms with E-state index < -0.39 is 18.0 Å². The van der Waals surface area contributed by atoms with Gasteiger partial charge in [-0.05, 0) is 18.6 Å². The van der Waals surface area contributed by atoms with Crippen LogP contribution in [-0.2, 0) is 16.0 Å². The van der Waals surface area contributed by atoms with Gasteiger partial charge >= 0.3 is 6.09 Å². The van der Waals surface area contributed by atoms with E-state index in [1.54, 1.807) is 25.1 Å². The van der Waals surface area contributed by atoms with Crippen LogP contribution in [0.25, 0.3) is 0 Å². The molecule has 6 nitrogen and oxygen atoms in total. The zero-order valence-electron chi connectivity index (χ0n) is 14.6. The number of alkyl carbamates (subject to hydrolysis) is 1. The van der Waals surface area contributed by atoms with E-state index in [9.17, 15) is 9.59 Å². The maximum atomic E-state index is 12.5. The Hall–Kier alpha value is -2.57. The zero-order valence-corrected chi connectivity index (χ0v) is 16.1. The van der Waals surface area contributed by atoms with Gasteiger partial charge in [0.15, 0.2) is 0 Å². The minimum absolute atomic E-state index is 0.205. The van der Waals surface area contributed by atoms with Crippen LogP contribution >= 0.6 is 23.2 Å². The molecule has 0 aliphatic heterocycles. The monoisotopic (exact) mass is 407 g/mol. The SMILES string of the molecule is CCOC(=O)N[C@@H](Cc1ccccc1)C(=O)N/N=C\c1cccc(Cl)c1Cl. The van der Waals surface area contributed by atoms with E-state index in [0.717, 1.165) is 5.56 Å². The van der Waals surface area contributed by atoms with E-state index in [2.05, 4.69) is 15.8 Å². The third kappa shape index (κ3) is 6.58. The Labute approximate surface area is 167 Å². The molecule has 8 heteroatoms. The molecule has 2 N–H and O–H groups in total. The van der Waals surface area contributed by atoms with Gasteiger partial charge in [-0.3, -0.25) is 4.79 Å². The van der Waals surface area contributed by atoms with E-state index in [4.69, 9.17) is 27.9 Å². The van der Waals surface area contributed by atoms with E-state index in [1.165, 1.54) is 6.21 Å². The molecule has 0 fully saturated rings. The average Bonchev–Trinajstić information content (AvgIpc) is 2.65. The minimum atomic E-state index is -0.849. The van der Waals surface area contributed by atoms with Gasteiger partial charge in [0.05, 0.1) is 22.9 Å². The van der Waals surface area contributed by atoms with Crippen molar-refractivity contribution in [1.29, 1.82) is 0 Å². The molecule has 0 aromatic heterocycles. The first-order chi connectivity index (χ1) is 13.0. The molecule has 142 valence electrons. The third-order valence-electron chi connectivity index (χ3n) is 3.53. The summed E-state index contributed by atoms with van der Waals surface area (Å²) < 4.78 is 4.86. The number of nitrogens with zero attached hydrogens (tertiary/aromatic N) is 1. The van der Waals surface area contributed by atoms with Gasteiger partial charge < -0.3 is 10.1 Å². The summed E-state index contributed by atoms with van der Waals surface area (Å²) in [4.78, 5) is 24.2. The quantitative estimate of drug-likeness (QED) is 0.540. The summed E-state index contributed by atoms with van der Waals surface area (Å²) in [6.07, 6.45) is 1.00. The number of hydrogen-bond donors (Lipinski definition) is 2. The highest BCUT2D eigenvalue weighted by molar-refractivity contribution is 6.43. The number of carbonyl (C=O) groups is 2. The molecule has 0 aliphatic carbocycles. The lowest BCUT2D eigenvalue weighted by molar-refractivity contribution is -0.123. The van der Waals surface area contributed by atoms with Crippen molar-refractivity contribution in [3.8, 4) is 0 Å². The molecule has 0 spiro atoms. The Bertz CT molecular complexity index is 813. The average molecular weight is 408 g/mol. The van der Waals surface area contributed by atoms with Crippen molar-refractivity contribution in [1.82, 2.24) is 10.7 Å². The largest absolute Gasteiger partial charge is 0.450 e. The maximum Gasteiger partial charge on any atom is 0.407 e. The Kier molecular flexibility index (Phi) is 8.10. The fraction of sp³-hybridized carbons (Fsp3) is 0.211. The van der Waals surface area contributed by atoms with Crippen LogP contribution in [0.15, 0.2) is 53.6 Å². The molecule has 0 radical (unpaired) electrons. The molecular weight excluding hydrogens is 389 g/mol. The van der Waals surface area contributed by atoms with Crippen LogP contribution in [0.4, 0.5) is 4.79 Å². The molecule has 2 amide bonds. The summed E-state index contributed by atoms with van der Waals surface area (Å²) >= 11 is 12.0. The predicted molar refractivity (Wildman–Crippen MR) is 106 cm³/mol. The van der Waals surface area contributed by atoms with Crippen LogP contribution in [0.3, 0.4) is 0 Å². The van der Waals surface area contributed by atoms with Gasteiger partial charge in [0.2, 0.25) is 0 Å². The van der Waals surface area contributed by atoms with Crippen molar-refractivity contribution in [3.63, 3.8) is 0 Å². The molecular formula is C19H19Cl2N3O3. The topological polar surface area (TPSA) is 79.8 Å². The van der Waals surface area contributed by atoms with Crippen molar-refractivity contribution >= 4 is 41.4 Å². The van der Waals surface area contributed by atoms with E-state index in [1.807, 2.05) is 30.3 Å². The minimum Gasteiger partial charge on any atom is -0.450 e. The number of nitrogens with one attached hydrogen (secondary N) is 2. The summed E-state index contributed by atoms with van der Waals surface area (Å²) in [5, 5.41) is 7.16. The van der Waals surface area contributed by atoms with Gasteiger partial charge in [0.25, 0.3) is 5.91 Å². The molecule has 27 heavy (non-hydrogen) atoms. The molecule has 0 unspecified atom stereocenters. The fourth-order valence-electron chi connectivity index (χ4n) is 2.24. The number of hydrogen-bond acceptors (Lipinski definition) is 4. The number of ether oxygens (including phenoxy) is 1. The van der Waals surface area contributed by atoms with E-state index in [-0.39, 0.29) is 6.61 Å². The predicted octanol–water partition coefficient (Wildman–Crippen LogP) is 3.80. The molecule has 0 saturated heterocycles. The normalized spacial score (nSPS) is 11.8. The highest BCUT2D eigenvalue weighted by atomic mass is 35.5. The summed E-state index contributed by atoms with van der Waals surface area (Å²) in [5.41, 5.74) is 3.85. The molecule has 0 aliphatic rings. The maximum absolute atomic E-state index is 12.5. The van der Waals surface area contributed by atoms with Crippen LogP contribution in [0.5, 0.6) is 0 Å². The van der Waals surface area contributed by atoms with Crippen molar-refractivity contribution in [2.45, 2.75) is 19.4 Å². The summed E-state index contributed by atoms with van der Waals surface area (Å²) in [6.45, 7) is 1.89. The second-order valence-electron chi connectivity index (χ2n) is 5.48. The van der Waals surface area contributed by atoms with Crippen molar-refractivity contribution < 1.29 is 14.3 Å². The van der Waals surface area contributed by atoms with Gasteiger partial charge in [-0.15, -0.1) is 0 Å². The van der Waals surface area contributed by atoms with Crippen LogP contribution in [0.1, 0.15) is 18.1 Å². The Morgan fingerprint density at radius 3 is 2.59 bits per heavy atom. The van der Waals surface area contributed by atoms with Crippen molar-refractivity contribution in [2.24, 2.45) is 5.10 Å². The fourth-order valence-corrected chi connectivity index (χ4v) is 2.59. The Morgan fingerprint density at radius 2 is 1.89 bits per heavy atom. The van der Waals surface area contributed by atoms with Crippen LogP contribution in [0, 0.1) is 0 Å². The van der Waals surface area contributed by atoms with Crippen LogP contribution in [0.2, 0.25) is 10.0 Å². The molecule has 0 bridgehead atoms. The lowest BCUT2D eigenvalue weighted by Gasteiger charge is -2.16.